The average molecular weight is 604 g/mol. The highest BCUT2D eigenvalue weighted by molar-refractivity contribution is 5.84. The van der Waals surface area contributed by atoms with Crippen molar-refractivity contribution in [2.24, 2.45) is 16.7 Å². The number of aliphatic hydroxyl groups is 1. The number of aliphatic hydroxyl groups excluding tert-OH is 1. The van der Waals surface area contributed by atoms with E-state index in [1.165, 1.54) is 0 Å². The van der Waals surface area contributed by atoms with Crippen LogP contribution in [0.1, 0.15) is 129 Å². The first-order valence-corrected chi connectivity index (χ1v) is 15.6. The zero-order chi connectivity index (χ0) is 34.2. The van der Waals surface area contributed by atoms with Gasteiger partial charge < -0.3 is 30.5 Å². The number of nitrogens with one attached hydrogen (secondary N) is 2. The Morgan fingerprint density at radius 3 is 1.74 bits per heavy atom. The fourth-order valence-electron chi connectivity index (χ4n) is 4.15. The summed E-state index contributed by atoms with van der Waals surface area (Å²) < 4.78 is 6.09. The van der Waals surface area contributed by atoms with Gasteiger partial charge in [-0.2, -0.15) is 0 Å². The first-order valence-electron chi connectivity index (χ1n) is 15.6. The number of carboxylic acids is 1. The molecular formula is C33H69N3O6. The van der Waals surface area contributed by atoms with Crippen LogP contribution in [0.15, 0.2) is 0 Å². The van der Waals surface area contributed by atoms with Crippen LogP contribution < -0.4 is 10.6 Å². The predicted molar refractivity (Wildman–Crippen MR) is 175 cm³/mol. The Balaban J connectivity index is -0.00000130. The molecule has 0 saturated carbocycles. The van der Waals surface area contributed by atoms with Gasteiger partial charge in [0, 0.05) is 49.7 Å². The van der Waals surface area contributed by atoms with Crippen LogP contribution in [0.25, 0.3) is 0 Å². The topological polar surface area (TPSA) is 128 Å². The van der Waals surface area contributed by atoms with Gasteiger partial charge in [-0.15, -0.1) is 0 Å². The molecule has 9 heteroatoms. The van der Waals surface area contributed by atoms with Gasteiger partial charge >= 0.3 is 5.97 Å². The molecule has 0 aliphatic carbocycles. The zero-order valence-corrected chi connectivity index (χ0v) is 30.2. The molecule has 4 N–H and O–H groups in total. The molecule has 0 atom stereocenters. The van der Waals surface area contributed by atoms with Gasteiger partial charge in [-0.25, -0.2) is 0 Å². The molecule has 0 radical (unpaired) electrons. The molecule has 0 aliphatic rings. The van der Waals surface area contributed by atoms with Gasteiger partial charge in [0.1, 0.15) is 0 Å². The highest BCUT2D eigenvalue weighted by Gasteiger charge is 2.42. The second-order valence-electron chi connectivity index (χ2n) is 14.6. The number of aliphatic carboxylic acids is 1. The van der Waals surface area contributed by atoms with Crippen molar-refractivity contribution < 1.29 is 29.3 Å². The molecule has 42 heavy (non-hydrogen) atoms. The Morgan fingerprint density at radius 2 is 1.36 bits per heavy atom. The number of amides is 2. The van der Waals surface area contributed by atoms with Crippen molar-refractivity contribution in [3.8, 4) is 0 Å². The van der Waals surface area contributed by atoms with E-state index in [9.17, 15) is 19.5 Å². The lowest BCUT2D eigenvalue weighted by Crippen LogP contribution is -2.52. The smallest absolute Gasteiger partial charge is 0.309 e. The van der Waals surface area contributed by atoms with Crippen LogP contribution in [0.2, 0.25) is 0 Å². The van der Waals surface area contributed by atoms with E-state index < -0.39 is 27.9 Å². The van der Waals surface area contributed by atoms with Gasteiger partial charge in [0.25, 0.3) is 0 Å². The molecule has 0 unspecified atom stereocenters. The Bertz CT molecular complexity index is 789. The number of carbonyl (C=O) groups is 3. The number of rotatable bonds is 17. The van der Waals surface area contributed by atoms with E-state index >= 15 is 0 Å². The summed E-state index contributed by atoms with van der Waals surface area (Å²) in [4.78, 5) is 38.2. The minimum absolute atomic E-state index is 0.0609. The lowest BCUT2D eigenvalue weighted by molar-refractivity contribution is -0.153. The number of ether oxygens (including phenoxy) is 1. The van der Waals surface area contributed by atoms with Crippen molar-refractivity contribution in [1.82, 2.24) is 15.5 Å². The summed E-state index contributed by atoms with van der Waals surface area (Å²) in [6.45, 7) is 28.3. The van der Waals surface area contributed by atoms with E-state index in [0.717, 1.165) is 6.42 Å². The number of hydrogen-bond acceptors (Lipinski definition) is 6. The minimum atomic E-state index is -0.984. The summed E-state index contributed by atoms with van der Waals surface area (Å²) in [5, 5.41) is 24.0. The summed E-state index contributed by atoms with van der Waals surface area (Å²) in [5.41, 5.74) is -2.54. The van der Waals surface area contributed by atoms with E-state index in [2.05, 4.69) is 24.5 Å². The molecule has 9 nitrogen and oxygen atoms in total. The molecule has 252 valence electrons. The molecule has 0 bridgehead atoms. The lowest BCUT2D eigenvalue weighted by Gasteiger charge is -2.42. The van der Waals surface area contributed by atoms with Gasteiger partial charge in [0.05, 0.1) is 11.0 Å². The molecule has 0 saturated heterocycles. The van der Waals surface area contributed by atoms with Crippen LogP contribution in [0, 0.1) is 16.7 Å². The van der Waals surface area contributed by atoms with Crippen molar-refractivity contribution in [3.05, 3.63) is 0 Å². The van der Waals surface area contributed by atoms with Crippen LogP contribution in [-0.2, 0) is 19.1 Å². The van der Waals surface area contributed by atoms with Crippen molar-refractivity contribution in [3.63, 3.8) is 0 Å². The average Bonchev–Trinajstić information content (AvgIpc) is 2.83. The first kappa shape index (κ1) is 44.7. The third-order valence-electron chi connectivity index (χ3n) is 7.52. The second-order valence-corrected chi connectivity index (χ2v) is 14.6. The summed E-state index contributed by atoms with van der Waals surface area (Å²) in [6.07, 6.45) is 2.92. The van der Waals surface area contributed by atoms with Gasteiger partial charge in [-0.3, -0.25) is 14.4 Å². The fraction of sp³-hybridized carbons (Fsp3) is 0.909. The van der Waals surface area contributed by atoms with Gasteiger partial charge in [0.2, 0.25) is 11.8 Å². The number of carboxylic acid groups (broad SMARTS) is 1. The molecule has 0 aromatic rings. The van der Waals surface area contributed by atoms with Crippen LogP contribution in [0.5, 0.6) is 0 Å². The molecule has 0 spiro atoms. The Hall–Kier alpha value is -1.71. The highest BCUT2D eigenvalue weighted by atomic mass is 16.5. The largest absolute Gasteiger partial charge is 0.481 e. The van der Waals surface area contributed by atoms with Gasteiger partial charge in [-0.05, 0) is 94.0 Å². The Morgan fingerprint density at radius 1 is 0.857 bits per heavy atom. The van der Waals surface area contributed by atoms with E-state index in [-0.39, 0.29) is 30.4 Å². The lowest BCUT2D eigenvalue weighted by atomic mass is 9.74. The SMILES string of the molecule is CC.CC(C)CC(=O)NCCC(C)(C)OCCC(C)(C)N(C)C(=O)C(C)(C)CC(C)(C)C(=O)O.CNC(C)(C)CCO. The monoisotopic (exact) mass is 604 g/mol. The summed E-state index contributed by atoms with van der Waals surface area (Å²) in [7, 11) is 3.67. The van der Waals surface area contributed by atoms with Crippen LogP contribution in [0.4, 0.5) is 0 Å². The highest BCUT2D eigenvalue weighted by Crippen LogP contribution is 2.37. The molecular weight excluding hydrogens is 534 g/mol. The van der Waals surface area contributed by atoms with Crippen molar-refractivity contribution in [1.29, 1.82) is 0 Å². The number of carbonyl (C=O) groups excluding carboxylic acids is 2. The van der Waals surface area contributed by atoms with Crippen molar-refractivity contribution in [2.45, 2.75) is 146 Å². The second kappa shape index (κ2) is 19.5. The number of hydrogen-bond donors (Lipinski definition) is 4. The van der Waals surface area contributed by atoms with Crippen LogP contribution in [0.3, 0.4) is 0 Å². The predicted octanol–water partition coefficient (Wildman–Crippen LogP) is 5.88. The quantitative estimate of drug-likeness (QED) is 0.163. The molecule has 0 aromatic heterocycles. The molecule has 0 rings (SSSR count). The van der Waals surface area contributed by atoms with Gasteiger partial charge in [0.15, 0.2) is 0 Å². The Kier molecular flexibility index (Phi) is 20.8. The maximum Gasteiger partial charge on any atom is 0.309 e. The van der Waals surface area contributed by atoms with E-state index in [0.29, 0.717) is 38.3 Å². The zero-order valence-electron chi connectivity index (χ0n) is 30.2. The summed E-state index contributed by atoms with van der Waals surface area (Å²) in [6, 6.07) is 0. The van der Waals surface area contributed by atoms with E-state index in [1.54, 1.807) is 39.6 Å². The van der Waals surface area contributed by atoms with Crippen molar-refractivity contribution in [2.75, 3.05) is 33.9 Å². The molecule has 0 heterocycles. The molecule has 0 fully saturated rings. The van der Waals surface area contributed by atoms with Crippen LogP contribution in [-0.4, -0.2) is 83.4 Å². The minimum Gasteiger partial charge on any atom is -0.481 e. The van der Waals surface area contributed by atoms with E-state index in [1.807, 2.05) is 62.4 Å². The fourth-order valence-corrected chi connectivity index (χ4v) is 4.15. The molecule has 0 aliphatic heterocycles. The third-order valence-corrected chi connectivity index (χ3v) is 7.52. The number of nitrogens with zero attached hydrogens (tertiary/aromatic N) is 1. The van der Waals surface area contributed by atoms with Gasteiger partial charge in [-0.1, -0.05) is 41.5 Å². The normalized spacial score (nSPS) is 12.5. The summed E-state index contributed by atoms with van der Waals surface area (Å²) >= 11 is 0. The summed E-state index contributed by atoms with van der Waals surface area (Å²) in [5.74, 6) is -0.590. The standard InChI is InChI=1S/C25H48N2O5.C6H15NO.C2H6/c1-18(2)16-19(28)26-14-12-25(9,10)32-15-13-24(7,8)27(11)20(29)22(3,4)17-23(5,6)21(30)31;1-6(2,7-3)4-5-8;1-2/h18H,12-17H2,1-11H3,(H,26,28)(H,30,31);7-8H,4-5H2,1-3H3;1-2H3. The maximum absolute atomic E-state index is 13.2. The molecule has 0 aromatic carbocycles. The van der Waals surface area contributed by atoms with E-state index in [4.69, 9.17) is 9.84 Å². The maximum atomic E-state index is 13.2. The van der Waals surface area contributed by atoms with Crippen LogP contribution >= 0.6 is 0 Å². The van der Waals surface area contributed by atoms with Crippen molar-refractivity contribution >= 4 is 17.8 Å². The third kappa shape index (κ3) is 19.5. The first-order chi connectivity index (χ1) is 18.9. The Labute approximate surface area is 258 Å². The molecule has 2 amide bonds.